The molecule has 7 heteroatoms. The minimum Gasteiger partial charge on any atom is -0.322 e. The number of hydrogen-bond acceptors (Lipinski definition) is 3. The molecule has 0 aromatic heterocycles. The van der Waals surface area contributed by atoms with E-state index < -0.39 is 0 Å². The topological polar surface area (TPSA) is 66.5 Å². The number of nitrogens with zero attached hydrogens (tertiary/aromatic N) is 1. The summed E-state index contributed by atoms with van der Waals surface area (Å²) in [4.78, 5) is 40.4. The highest BCUT2D eigenvalue weighted by atomic mass is 79.9. The van der Waals surface area contributed by atoms with E-state index in [1.807, 2.05) is 30.3 Å². The maximum atomic E-state index is 13.1. The zero-order valence-corrected chi connectivity index (χ0v) is 18.5. The van der Waals surface area contributed by atoms with Crippen LogP contribution in [0.4, 0.5) is 11.4 Å². The Morgan fingerprint density at radius 2 is 1.41 bits per heavy atom. The van der Waals surface area contributed by atoms with Crippen LogP contribution in [0.2, 0.25) is 0 Å². The van der Waals surface area contributed by atoms with E-state index in [4.69, 9.17) is 0 Å². The molecule has 2 bridgehead atoms. The first-order chi connectivity index (χ1) is 14.0. The number of carbonyl (C=O) groups is 3. The highest BCUT2D eigenvalue weighted by molar-refractivity contribution is 9.12. The molecule has 1 aliphatic heterocycles. The van der Waals surface area contributed by atoms with Crippen LogP contribution in [0.5, 0.6) is 0 Å². The van der Waals surface area contributed by atoms with Crippen molar-refractivity contribution in [1.82, 2.24) is 0 Å². The van der Waals surface area contributed by atoms with E-state index >= 15 is 0 Å². The summed E-state index contributed by atoms with van der Waals surface area (Å²) < 4.78 is 0. The Morgan fingerprint density at radius 1 is 0.862 bits per heavy atom. The first-order valence-electron chi connectivity index (χ1n) is 9.60. The second-order valence-corrected chi connectivity index (χ2v) is 10.00. The summed E-state index contributed by atoms with van der Waals surface area (Å²) >= 11 is 7.40. The highest BCUT2D eigenvalue weighted by Gasteiger charge is 2.66. The summed E-state index contributed by atoms with van der Waals surface area (Å²) in [5, 5.41) is 2.83. The molecule has 29 heavy (non-hydrogen) atoms. The average Bonchev–Trinajstić information content (AvgIpc) is 3.34. The third-order valence-corrected chi connectivity index (χ3v) is 9.61. The van der Waals surface area contributed by atoms with Gasteiger partial charge in [0.05, 0.1) is 17.5 Å². The van der Waals surface area contributed by atoms with Crippen molar-refractivity contribution in [2.45, 2.75) is 16.1 Å². The van der Waals surface area contributed by atoms with Gasteiger partial charge in [-0.2, -0.15) is 0 Å². The molecule has 2 aliphatic carbocycles. The van der Waals surface area contributed by atoms with Crippen LogP contribution in [0.25, 0.3) is 0 Å². The molecule has 0 radical (unpaired) electrons. The Kier molecular flexibility index (Phi) is 4.62. The van der Waals surface area contributed by atoms with Gasteiger partial charge in [0.25, 0.3) is 5.91 Å². The number of anilines is 2. The van der Waals surface area contributed by atoms with E-state index in [-0.39, 0.29) is 51.0 Å². The van der Waals surface area contributed by atoms with Crippen LogP contribution in [-0.2, 0) is 9.59 Å². The fourth-order valence-electron chi connectivity index (χ4n) is 5.09. The molecule has 5 nitrogen and oxygen atoms in total. The van der Waals surface area contributed by atoms with E-state index in [0.29, 0.717) is 16.9 Å². The molecule has 148 valence electrons. The predicted molar refractivity (Wildman–Crippen MR) is 117 cm³/mol. The molecule has 3 fully saturated rings. The lowest BCUT2D eigenvalue weighted by molar-refractivity contribution is -0.123. The Bertz CT molecular complexity index is 963. The fraction of sp³-hybridized carbons (Fsp3) is 0.318. The number of carbonyl (C=O) groups excluding carboxylic acids is 3. The van der Waals surface area contributed by atoms with E-state index in [2.05, 4.69) is 37.2 Å². The highest BCUT2D eigenvalue weighted by Crippen LogP contribution is 2.60. The van der Waals surface area contributed by atoms with Gasteiger partial charge in [0.2, 0.25) is 11.8 Å². The number of halogens is 2. The fourth-order valence-corrected chi connectivity index (χ4v) is 6.96. The number of para-hydroxylation sites is 1. The largest absolute Gasteiger partial charge is 0.322 e. The first-order valence-corrected chi connectivity index (χ1v) is 11.4. The van der Waals surface area contributed by atoms with Crippen molar-refractivity contribution in [3.8, 4) is 0 Å². The summed E-state index contributed by atoms with van der Waals surface area (Å²) in [6.07, 6.45) is 0.908. The van der Waals surface area contributed by atoms with Crippen molar-refractivity contribution in [3.05, 3.63) is 60.2 Å². The lowest BCUT2D eigenvalue weighted by atomic mass is 9.81. The van der Waals surface area contributed by atoms with Gasteiger partial charge in [-0.3, -0.25) is 19.3 Å². The number of hydrogen-bond donors (Lipinski definition) is 1. The van der Waals surface area contributed by atoms with Crippen molar-refractivity contribution < 1.29 is 14.4 Å². The Labute approximate surface area is 185 Å². The van der Waals surface area contributed by atoms with Gasteiger partial charge in [0.1, 0.15) is 0 Å². The molecular weight excluding hydrogens is 500 g/mol. The maximum Gasteiger partial charge on any atom is 0.255 e. The SMILES string of the molecule is O=C(Nc1ccccc1)c1ccc(N2C(=O)[C@H]3[C@@H]4C[C@@H]([C@@H](Br)[C@H]4Br)[C@@H]3C2=O)cc1. The minimum absolute atomic E-state index is 0.113. The van der Waals surface area contributed by atoms with Gasteiger partial charge >= 0.3 is 0 Å². The van der Waals surface area contributed by atoms with Crippen molar-refractivity contribution >= 4 is 61.0 Å². The number of amides is 3. The maximum absolute atomic E-state index is 13.1. The Balaban J connectivity index is 1.36. The third kappa shape index (κ3) is 2.89. The zero-order valence-electron chi connectivity index (χ0n) is 15.3. The van der Waals surface area contributed by atoms with Gasteiger partial charge in [-0.1, -0.05) is 50.1 Å². The van der Waals surface area contributed by atoms with Crippen molar-refractivity contribution in [3.63, 3.8) is 0 Å². The Hall–Kier alpha value is -1.99. The molecule has 3 aliphatic rings. The summed E-state index contributed by atoms with van der Waals surface area (Å²) in [5.41, 5.74) is 1.71. The number of nitrogens with one attached hydrogen (secondary N) is 1. The van der Waals surface area contributed by atoms with Crippen molar-refractivity contribution in [2.24, 2.45) is 23.7 Å². The molecule has 2 aromatic carbocycles. The zero-order chi connectivity index (χ0) is 20.3. The Morgan fingerprint density at radius 3 is 1.97 bits per heavy atom. The van der Waals surface area contributed by atoms with Crippen molar-refractivity contribution in [2.75, 3.05) is 10.2 Å². The minimum atomic E-state index is -0.244. The summed E-state index contributed by atoms with van der Waals surface area (Å²) in [5.74, 6) is -0.575. The average molecular weight is 518 g/mol. The quantitative estimate of drug-likeness (QED) is 0.489. The monoisotopic (exact) mass is 516 g/mol. The van der Waals surface area contributed by atoms with Crippen LogP contribution >= 0.6 is 31.9 Å². The van der Waals surface area contributed by atoms with Crippen LogP contribution in [-0.4, -0.2) is 27.4 Å². The molecule has 2 saturated carbocycles. The van der Waals surface area contributed by atoms with E-state index in [0.717, 1.165) is 6.42 Å². The van der Waals surface area contributed by atoms with Gasteiger partial charge in [-0.25, -0.2) is 0 Å². The van der Waals surface area contributed by atoms with E-state index in [1.54, 1.807) is 24.3 Å². The summed E-state index contributed by atoms with van der Waals surface area (Å²) in [7, 11) is 0. The van der Waals surface area contributed by atoms with Gasteiger partial charge < -0.3 is 5.32 Å². The number of fused-ring (bicyclic) bond motifs is 5. The molecular formula is C22H18Br2N2O3. The van der Waals surface area contributed by atoms with Gasteiger partial charge in [0.15, 0.2) is 0 Å². The van der Waals surface area contributed by atoms with E-state index in [1.165, 1.54) is 4.90 Å². The predicted octanol–water partition coefficient (Wildman–Crippen LogP) is 4.22. The second-order valence-electron chi connectivity index (χ2n) is 7.88. The van der Waals surface area contributed by atoms with Crippen molar-refractivity contribution in [1.29, 1.82) is 0 Å². The summed E-state index contributed by atoms with van der Waals surface area (Å²) in [6.45, 7) is 0. The number of rotatable bonds is 3. The van der Waals surface area contributed by atoms with Gasteiger partial charge in [0, 0.05) is 20.9 Å². The molecule has 6 atom stereocenters. The van der Waals surface area contributed by atoms with Crippen LogP contribution in [0, 0.1) is 23.7 Å². The number of alkyl halides is 2. The second kappa shape index (κ2) is 7.06. The van der Waals surface area contributed by atoms with Crippen LogP contribution in [0.15, 0.2) is 54.6 Å². The van der Waals surface area contributed by atoms with E-state index in [9.17, 15) is 14.4 Å². The van der Waals surface area contributed by atoms with Gasteiger partial charge in [-0.15, -0.1) is 0 Å². The van der Waals surface area contributed by atoms with Crippen LogP contribution < -0.4 is 10.2 Å². The standard InChI is InChI=1S/C22H18Br2N2O3/c23-18-14-10-15(19(18)24)17-16(14)21(28)26(22(17)29)13-8-6-11(7-9-13)20(27)25-12-4-2-1-3-5-12/h1-9,14-19H,10H2,(H,25,27)/t14-,15+,16-,17-,18-,19+/m0/s1. The lowest BCUT2D eigenvalue weighted by Crippen LogP contribution is -2.37. The molecule has 2 aromatic rings. The number of imide groups is 1. The number of benzene rings is 2. The first kappa shape index (κ1) is 19.0. The van der Waals surface area contributed by atoms with Crippen LogP contribution in [0.3, 0.4) is 0 Å². The van der Waals surface area contributed by atoms with Crippen LogP contribution in [0.1, 0.15) is 16.8 Å². The lowest BCUT2D eigenvalue weighted by Gasteiger charge is -2.28. The molecule has 1 N–H and O–H groups in total. The summed E-state index contributed by atoms with van der Waals surface area (Å²) in [6, 6.07) is 15.9. The molecule has 0 spiro atoms. The molecule has 0 unspecified atom stereocenters. The van der Waals surface area contributed by atoms with Gasteiger partial charge in [-0.05, 0) is 54.7 Å². The normalized spacial score (nSPS) is 32.6. The third-order valence-electron chi connectivity index (χ3n) is 6.41. The molecule has 1 heterocycles. The smallest absolute Gasteiger partial charge is 0.255 e. The molecule has 5 rings (SSSR count). The molecule has 3 amide bonds. The molecule has 1 saturated heterocycles.